The smallest absolute Gasteiger partial charge is 0.309 e. The number of hydrogen-bond donors (Lipinski definition) is 1. The molecule has 1 aromatic rings. The highest BCUT2D eigenvalue weighted by molar-refractivity contribution is 5.77. The molecule has 0 aliphatic heterocycles. The first-order valence-corrected chi connectivity index (χ1v) is 5.18. The van der Waals surface area contributed by atoms with Gasteiger partial charge in [0.2, 0.25) is 0 Å². The second-order valence-corrected chi connectivity index (χ2v) is 3.80. The van der Waals surface area contributed by atoms with Crippen molar-refractivity contribution in [3.63, 3.8) is 0 Å². The number of rotatable bonds is 3. The summed E-state index contributed by atoms with van der Waals surface area (Å²) in [6.07, 6.45) is 0.836. The topological polar surface area (TPSA) is 46.5 Å². The molecule has 0 bridgehead atoms. The molecule has 80 valence electrons. The molecule has 3 nitrogen and oxygen atoms in total. The van der Waals surface area contributed by atoms with Gasteiger partial charge >= 0.3 is 5.97 Å². The number of esters is 1. The molecule has 0 aromatic heterocycles. The van der Waals surface area contributed by atoms with E-state index in [0.717, 1.165) is 12.0 Å². The maximum Gasteiger partial charge on any atom is 0.309 e. The number of phenols is 1. The van der Waals surface area contributed by atoms with Crippen molar-refractivity contribution in [2.45, 2.75) is 19.3 Å². The standard InChI is InChI=1S/C12H14O3/c1-2-15-12(14)11-7-10(11)8-4-3-5-9(13)6-8/h3-6,10-11,13H,2,7H2,1H3/t10-,11-/m0/s1. The van der Waals surface area contributed by atoms with Crippen LogP contribution in [-0.2, 0) is 9.53 Å². The fourth-order valence-corrected chi connectivity index (χ4v) is 1.83. The number of hydrogen-bond acceptors (Lipinski definition) is 3. The Labute approximate surface area is 88.7 Å². The van der Waals surface area contributed by atoms with Gasteiger partial charge in [-0.3, -0.25) is 4.79 Å². The number of ether oxygens (including phenoxy) is 1. The molecule has 1 N–H and O–H groups in total. The molecular weight excluding hydrogens is 192 g/mol. The summed E-state index contributed by atoms with van der Waals surface area (Å²) in [5, 5.41) is 9.30. The summed E-state index contributed by atoms with van der Waals surface area (Å²) < 4.78 is 4.95. The molecule has 3 heteroatoms. The van der Waals surface area contributed by atoms with Gasteiger partial charge in [0.15, 0.2) is 0 Å². The minimum Gasteiger partial charge on any atom is -0.508 e. The third-order valence-corrected chi connectivity index (χ3v) is 2.68. The number of phenolic OH excluding ortho intramolecular Hbond substituents is 1. The van der Waals surface area contributed by atoms with Crippen LogP contribution in [0.1, 0.15) is 24.8 Å². The Morgan fingerprint density at radius 3 is 3.07 bits per heavy atom. The van der Waals surface area contributed by atoms with E-state index in [1.807, 2.05) is 13.0 Å². The van der Waals surface area contributed by atoms with Crippen molar-refractivity contribution in [1.82, 2.24) is 0 Å². The molecule has 2 atom stereocenters. The Hall–Kier alpha value is -1.51. The minimum absolute atomic E-state index is 0.00764. The summed E-state index contributed by atoms with van der Waals surface area (Å²) in [6.45, 7) is 2.24. The quantitative estimate of drug-likeness (QED) is 0.770. The van der Waals surface area contributed by atoms with Gasteiger partial charge in [-0.2, -0.15) is 0 Å². The normalized spacial score (nSPS) is 23.5. The molecule has 0 unspecified atom stereocenters. The van der Waals surface area contributed by atoms with E-state index in [1.54, 1.807) is 18.2 Å². The minimum atomic E-state index is -0.120. The van der Waals surface area contributed by atoms with Gasteiger partial charge in [-0.05, 0) is 37.0 Å². The molecule has 0 radical (unpaired) electrons. The van der Waals surface area contributed by atoms with E-state index in [4.69, 9.17) is 4.74 Å². The number of benzene rings is 1. The molecule has 1 fully saturated rings. The summed E-state index contributed by atoms with van der Waals surface area (Å²) in [4.78, 5) is 11.4. The van der Waals surface area contributed by atoms with Crippen molar-refractivity contribution in [3.05, 3.63) is 29.8 Å². The van der Waals surface area contributed by atoms with Crippen LogP contribution in [0, 0.1) is 5.92 Å². The lowest BCUT2D eigenvalue weighted by Crippen LogP contribution is -2.07. The Kier molecular flexibility index (Phi) is 2.62. The molecule has 0 saturated heterocycles. The van der Waals surface area contributed by atoms with Crippen molar-refractivity contribution in [2.24, 2.45) is 5.92 Å². The van der Waals surface area contributed by atoms with E-state index in [0.29, 0.717) is 6.61 Å². The van der Waals surface area contributed by atoms with Crippen molar-refractivity contribution in [2.75, 3.05) is 6.61 Å². The molecule has 1 aliphatic carbocycles. The molecular formula is C12H14O3. The monoisotopic (exact) mass is 206 g/mol. The Balaban J connectivity index is 2.01. The average molecular weight is 206 g/mol. The highest BCUT2D eigenvalue weighted by Crippen LogP contribution is 2.48. The van der Waals surface area contributed by atoms with Crippen LogP contribution in [0.5, 0.6) is 5.75 Å². The molecule has 1 saturated carbocycles. The van der Waals surface area contributed by atoms with Crippen molar-refractivity contribution in [3.8, 4) is 5.75 Å². The lowest BCUT2D eigenvalue weighted by molar-refractivity contribution is -0.144. The van der Waals surface area contributed by atoms with E-state index < -0.39 is 0 Å². The third-order valence-electron chi connectivity index (χ3n) is 2.68. The summed E-state index contributed by atoms with van der Waals surface area (Å²) >= 11 is 0. The Morgan fingerprint density at radius 2 is 2.40 bits per heavy atom. The van der Waals surface area contributed by atoms with E-state index >= 15 is 0 Å². The molecule has 1 aliphatic rings. The van der Waals surface area contributed by atoms with Gasteiger partial charge in [-0.1, -0.05) is 12.1 Å². The van der Waals surface area contributed by atoms with Gasteiger partial charge in [-0.15, -0.1) is 0 Å². The molecule has 0 amide bonds. The van der Waals surface area contributed by atoms with Gasteiger partial charge in [0.25, 0.3) is 0 Å². The summed E-state index contributed by atoms with van der Waals surface area (Å²) in [6, 6.07) is 7.07. The number of carbonyl (C=O) groups is 1. The fraction of sp³-hybridized carbons (Fsp3) is 0.417. The zero-order valence-corrected chi connectivity index (χ0v) is 8.64. The van der Waals surface area contributed by atoms with Crippen LogP contribution in [0.2, 0.25) is 0 Å². The average Bonchev–Trinajstić information content (AvgIpc) is 2.97. The highest BCUT2D eigenvalue weighted by atomic mass is 16.5. The predicted octanol–water partition coefficient (Wildman–Crippen LogP) is 2.06. The summed E-state index contributed by atoms with van der Waals surface area (Å²) in [5.74, 6) is 0.357. The molecule has 0 spiro atoms. The molecule has 0 heterocycles. The summed E-state index contributed by atoms with van der Waals surface area (Å²) in [7, 11) is 0. The SMILES string of the molecule is CCOC(=O)[C@H]1C[C@H]1c1cccc(O)c1. The number of aromatic hydroxyl groups is 1. The van der Waals surface area contributed by atoms with E-state index in [9.17, 15) is 9.90 Å². The van der Waals surface area contributed by atoms with Crippen LogP contribution >= 0.6 is 0 Å². The van der Waals surface area contributed by atoms with Crippen LogP contribution in [0.15, 0.2) is 24.3 Å². The van der Waals surface area contributed by atoms with E-state index in [-0.39, 0.29) is 23.6 Å². The molecule has 15 heavy (non-hydrogen) atoms. The van der Waals surface area contributed by atoms with Gasteiger partial charge in [0.1, 0.15) is 5.75 Å². The number of carbonyl (C=O) groups excluding carboxylic acids is 1. The maximum absolute atomic E-state index is 11.4. The predicted molar refractivity (Wildman–Crippen MR) is 55.6 cm³/mol. The van der Waals surface area contributed by atoms with Gasteiger partial charge in [-0.25, -0.2) is 0 Å². The van der Waals surface area contributed by atoms with Crippen LogP contribution in [0.4, 0.5) is 0 Å². The van der Waals surface area contributed by atoms with Crippen LogP contribution in [0.3, 0.4) is 0 Å². The maximum atomic E-state index is 11.4. The van der Waals surface area contributed by atoms with Gasteiger partial charge in [0, 0.05) is 0 Å². The van der Waals surface area contributed by atoms with Crippen LogP contribution < -0.4 is 0 Å². The molecule has 1 aromatic carbocycles. The zero-order chi connectivity index (χ0) is 10.8. The van der Waals surface area contributed by atoms with Crippen LogP contribution in [-0.4, -0.2) is 17.7 Å². The first kappa shape index (κ1) is 10.0. The first-order chi connectivity index (χ1) is 7.22. The van der Waals surface area contributed by atoms with Crippen LogP contribution in [0.25, 0.3) is 0 Å². The van der Waals surface area contributed by atoms with Gasteiger partial charge in [0.05, 0.1) is 12.5 Å². The zero-order valence-electron chi connectivity index (χ0n) is 8.64. The van der Waals surface area contributed by atoms with E-state index in [1.165, 1.54) is 0 Å². The Morgan fingerprint density at radius 1 is 1.60 bits per heavy atom. The largest absolute Gasteiger partial charge is 0.508 e. The van der Waals surface area contributed by atoms with Crippen molar-refractivity contribution < 1.29 is 14.6 Å². The summed E-state index contributed by atoms with van der Waals surface area (Å²) in [5.41, 5.74) is 1.02. The Bertz CT molecular complexity index is 373. The van der Waals surface area contributed by atoms with Gasteiger partial charge < -0.3 is 9.84 Å². The second kappa shape index (κ2) is 3.93. The first-order valence-electron chi connectivity index (χ1n) is 5.18. The third kappa shape index (κ3) is 2.12. The molecule has 2 rings (SSSR count). The fourth-order valence-electron chi connectivity index (χ4n) is 1.83. The second-order valence-electron chi connectivity index (χ2n) is 3.80. The van der Waals surface area contributed by atoms with Crippen molar-refractivity contribution in [1.29, 1.82) is 0 Å². The lowest BCUT2D eigenvalue weighted by Gasteiger charge is -2.01. The van der Waals surface area contributed by atoms with Crippen molar-refractivity contribution >= 4 is 5.97 Å². The van der Waals surface area contributed by atoms with E-state index in [2.05, 4.69) is 0 Å². The highest BCUT2D eigenvalue weighted by Gasteiger charge is 2.45. The lowest BCUT2D eigenvalue weighted by atomic mass is 10.1.